The number of carbonyl (C=O) groups excluding carboxylic acids is 1. The molecule has 1 aliphatic carbocycles. The summed E-state index contributed by atoms with van der Waals surface area (Å²) in [7, 11) is 0. The molecule has 2 aliphatic rings. The molecule has 1 heterocycles. The van der Waals surface area contributed by atoms with Gasteiger partial charge in [-0.25, -0.2) is 0 Å². The second kappa shape index (κ2) is 4.21. The average molecular weight is 211 g/mol. The van der Waals surface area contributed by atoms with Gasteiger partial charge in [0.1, 0.15) is 0 Å². The van der Waals surface area contributed by atoms with Crippen LogP contribution in [0.1, 0.15) is 32.1 Å². The number of amides is 1. The van der Waals surface area contributed by atoms with Crippen molar-refractivity contribution in [3.8, 4) is 0 Å². The highest BCUT2D eigenvalue weighted by Gasteiger charge is 2.33. The molecule has 0 unspecified atom stereocenters. The molecule has 1 saturated heterocycles. The molecule has 1 N–H and O–H groups in total. The van der Waals surface area contributed by atoms with E-state index in [2.05, 4.69) is 0 Å². The number of carboxylic acid groups (broad SMARTS) is 1. The fourth-order valence-electron chi connectivity index (χ4n) is 2.38. The van der Waals surface area contributed by atoms with Crippen molar-refractivity contribution < 1.29 is 14.7 Å². The highest BCUT2D eigenvalue weighted by atomic mass is 16.4. The summed E-state index contributed by atoms with van der Waals surface area (Å²) in [4.78, 5) is 24.5. The van der Waals surface area contributed by atoms with Gasteiger partial charge < -0.3 is 10.0 Å². The van der Waals surface area contributed by atoms with Crippen LogP contribution in [0.5, 0.6) is 0 Å². The fourth-order valence-corrected chi connectivity index (χ4v) is 2.38. The van der Waals surface area contributed by atoms with Crippen LogP contribution in [0, 0.1) is 11.8 Å². The second-order valence-electron chi connectivity index (χ2n) is 4.57. The first-order valence-electron chi connectivity index (χ1n) is 5.70. The van der Waals surface area contributed by atoms with Crippen LogP contribution in [0.15, 0.2) is 0 Å². The highest BCUT2D eigenvalue weighted by molar-refractivity contribution is 5.80. The molecule has 2 rings (SSSR count). The molecule has 0 bridgehead atoms. The van der Waals surface area contributed by atoms with E-state index >= 15 is 0 Å². The molecule has 4 nitrogen and oxygen atoms in total. The zero-order chi connectivity index (χ0) is 10.8. The molecule has 0 spiro atoms. The Kier molecular flexibility index (Phi) is 2.93. The van der Waals surface area contributed by atoms with Crippen molar-refractivity contribution in [1.82, 2.24) is 4.90 Å². The van der Waals surface area contributed by atoms with Gasteiger partial charge in [0.25, 0.3) is 0 Å². The van der Waals surface area contributed by atoms with E-state index in [1.165, 1.54) is 0 Å². The van der Waals surface area contributed by atoms with E-state index in [0.29, 0.717) is 12.8 Å². The molecular formula is C11H17NO3. The molecule has 2 fully saturated rings. The predicted molar refractivity (Wildman–Crippen MR) is 54.3 cm³/mol. The first-order valence-corrected chi connectivity index (χ1v) is 5.70. The Hall–Kier alpha value is -1.06. The topological polar surface area (TPSA) is 57.6 Å². The molecule has 0 aromatic heterocycles. The van der Waals surface area contributed by atoms with E-state index in [-0.39, 0.29) is 17.7 Å². The summed E-state index contributed by atoms with van der Waals surface area (Å²) in [5, 5.41) is 8.83. The van der Waals surface area contributed by atoms with Gasteiger partial charge >= 0.3 is 5.97 Å². The first-order chi connectivity index (χ1) is 7.18. The van der Waals surface area contributed by atoms with E-state index in [0.717, 1.165) is 32.4 Å². The van der Waals surface area contributed by atoms with Gasteiger partial charge in [0.15, 0.2) is 0 Å². The number of likely N-dealkylation sites (tertiary alicyclic amines) is 1. The molecule has 0 aromatic carbocycles. The van der Waals surface area contributed by atoms with Crippen molar-refractivity contribution in [1.29, 1.82) is 0 Å². The molecule has 0 atom stereocenters. The molecular weight excluding hydrogens is 194 g/mol. The normalized spacial score (nSPS) is 30.8. The van der Waals surface area contributed by atoms with Crippen molar-refractivity contribution >= 4 is 11.9 Å². The van der Waals surface area contributed by atoms with Gasteiger partial charge in [-0.2, -0.15) is 0 Å². The zero-order valence-electron chi connectivity index (χ0n) is 8.82. The monoisotopic (exact) mass is 211 g/mol. The number of nitrogens with zero attached hydrogens (tertiary/aromatic N) is 1. The van der Waals surface area contributed by atoms with Crippen LogP contribution in [0.4, 0.5) is 0 Å². The van der Waals surface area contributed by atoms with Crippen LogP contribution in [-0.4, -0.2) is 35.0 Å². The Morgan fingerprint density at radius 1 is 1.00 bits per heavy atom. The quantitative estimate of drug-likeness (QED) is 0.744. The van der Waals surface area contributed by atoms with E-state index in [1.807, 2.05) is 4.90 Å². The minimum absolute atomic E-state index is 0.0981. The summed E-state index contributed by atoms with van der Waals surface area (Å²) in [6, 6.07) is 0. The van der Waals surface area contributed by atoms with Crippen LogP contribution >= 0.6 is 0 Å². The maximum Gasteiger partial charge on any atom is 0.306 e. The Morgan fingerprint density at radius 2 is 1.53 bits per heavy atom. The molecule has 0 radical (unpaired) electrons. The Labute approximate surface area is 89.3 Å². The molecule has 15 heavy (non-hydrogen) atoms. The van der Waals surface area contributed by atoms with Gasteiger partial charge in [-0.15, -0.1) is 0 Å². The lowest BCUT2D eigenvalue weighted by Gasteiger charge is -2.36. The number of hydrogen-bond donors (Lipinski definition) is 1. The second-order valence-corrected chi connectivity index (χ2v) is 4.57. The number of rotatable bonds is 2. The molecule has 1 amide bonds. The molecule has 4 heteroatoms. The smallest absolute Gasteiger partial charge is 0.306 e. The van der Waals surface area contributed by atoms with E-state index < -0.39 is 5.97 Å². The molecule has 0 aromatic rings. The third kappa shape index (κ3) is 2.13. The SMILES string of the molecule is O=C(O)C1CCC(C(=O)N2CCC2)CC1. The van der Waals surface area contributed by atoms with Crippen molar-refractivity contribution in [3.05, 3.63) is 0 Å². The van der Waals surface area contributed by atoms with E-state index in [4.69, 9.17) is 5.11 Å². The maximum atomic E-state index is 11.8. The van der Waals surface area contributed by atoms with Crippen LogP contribution in [0.25, 0.3) is 0 Å². The van der Waals surface area contributed by atoms with Crippen LogP contribution in [0.2, 0.25) is 0 Å². The molecule has 1 saturated carbocycles. The Morgan fingerprint density at radius 3 is 1.93 bits per heavy atom. The Bertz CT molecular complexity index is 265. The standard InChI is InChI=1S/C11H17NO3/c13-10(12-6-1-7-12)8-2-4-9(5-3-8)11(14)15/h8-9H,1-7H2,(H,14,15). The van der Waals surface area contributed by atoms with Crippen molar-refractivity contribution in [2.75, 3.05) is 13.1 Å². The summed E-state index contributed by atoms with van der Waals surface area (Å²) < 4.78 is 0. The van der Waals surface area contributed by atoms with Gasteiger partial charge in [-0.05, 0) is 32.1 Å². The van der Waals surface area contributed by atoms with Gasteiger partial charge in [0.2, 0.25) is 5.91 Å². The van der Waals surface area contributed by atoms with Gasteiger partial charge in [0.05, 0.1) is 5.92 Å². The summed E-state index contributed by atoms with van der Waals surface area (Å²) >= 11 is 0. The zero-order valence-corrected chi connectivity index (χ0v) is 8.82. The van der Waals surface area contributed by atoms with E-state index in [1.54, 1.807) is 0 Å². The van der Waals surface area contributed by atoms with Gasteiger partial charge in [0, 0.05) is 19.0 Å². The molecule has 84 valence electrons. The van der Waals surface area contributed by atoms with Crippen LogP contribution < -0.4 is 0 Å². The lowest BCUT2D eigenvalue weighted by atomic mass is 9.81. The minimum atomic E-state index is -0.704. The largest absolute Gasteiger partial charge is 0.481 e. The third-order valence-electron chi connectivity index (χ3n) is 3.59. The maximum absolute atomic E-state index is 11.8. The van der Waals surface area contributed by atoms with Crippen LogP contribution in [0.3, 0.4) is 0 Å². The van der Waals surface area contributed by atoms with E-state index in [9.17, 15) is 9.59 Å². The van der Waals surface area contributed by atoms with Gasteiger partial charge in [-0.3, -0.25) is 9.59 Å². The summed E-state index contributed by atoms with van der Waals surface area (Å²) in [6.45, 7) is 1.80. The fraction of sp³-hybridized carbons (Fsp3) is 0.818. The van der Waals surface area contributed by atoms with Crippen molar-refractivity contribution in [2.24, 2.45) is 11.8 Å². The summed E-state index contributed by atoms with van der Waals surface area (Å²) in [5.41, 5.74) is 0. The first kappa shape index (κ1) is 10.5. The lowest BCUT2D eigenvalue weighted by Crippen LogP contribution is -2.46. The van der Waals surface area contributed by atoms with Crippen molar-refractivity contribution in [3.63, 3.8) is 0 Å². The third-order valence-corrected chi connectivity index (χ3v) is 3.59. The predicted octanol–water partition coefficient (Wildman–Crippen LogP) is 1.11. The number of aliphatic carboxylic acids is 1. The highest BCUT2D eigenvalue weighted by Crippen LogP contribution is 2.31. The van der Waals surface area contributed by atoms with Crippen molar-refractivity contribution in [2.45, 2.75) is 32.1 Å². The Balaban J connectivity index is 1.82. The summed E-state index contributed by atoms with van der Waals surface area (Å²) in [5.74, 6) is -0.568. The average Bonchev–Trinajstić information content (AvgIpc) is 2.15. The number of carboxylic acids is 1. The van der Waals surface area contributed by atoms with Crippen LogP contribution in [-0.2, 0) is 9.59 Å². The molecule has 1 aliphatic heterocycles. The summed E-state index contributed by atoms with van der Waals surface area (Å²) in [6.07, 6.45) is 3.97. The lowest BCUT2D eigenvalue weighted by molar-refractivity contribution is -0.146. The number of hydrogen-bond acceptors (Lipinski definition) is 2. The van der Waals surface area contributed by atoms with Gasteiger partial charge in [-0.1, -0.05) is 0 Å². The number of carbonyl (C=O) groups is 2. The minimum Gasteiger partial charge on any atom is -0.481 e.